The molecule has 0 aliphatic carbocycles. The molecule has 1 fully saturated rings. The van der Waals surface area contributed by atoms with Crippen molar-refractivity contribution in [3.8, 4) is 0 Å². The van der Waals surface area contributed by atoms with Gasteiger partial charge in [0.15, 0.2) is 18.3 Å². The maximum atomic E-state index is 13.1. The quantitative estimate of drug-likeness (QED) is 0.0460. The van der Waals surface area contributed by atoms with E-state index in [9.17, 15) is 38.4 Å². The third kappa shape index (κ3) is 22.5. The fraction of sp³-hybridized carbons (Fsp3) is 0.579. The van der Waals surface area contributed by atoms with E-state index in [2.05, 4.69) is 26.3 Å². The second kappa shape index (κ2) is 29.1. The Hall–Kier alpha value is -5.32. The molecule has 0 amide bonds. The van der Waals surface area contributed by atoms with Gasteiger partial charge >= 0.3 is 47.8 Å². The fourth-order valence-corrected chi connectivity index (χ4v) is 4.67. The molecule has 1 saturated heterocycles. The van der Waals surface area contributed by atoms with E-state index in [0.717, 1.165) is 24.3 Å². The smallest absolute Gasteiger partial charge is 0.330 e. The highest BCUT2D eigenvalue weighted by atomic mass is 16.7. The number of rotatable bonds is 29. The minimum Gasteiger partial charge on any atom is -0.463 e. The van der Waals surface area contributed by atoms with Crippen molar-refractivity contribution in [2.45, 2.75) is 101 Å². The Labute approximate surface area is 320 Å². The van der Waals surface area contributed by atoms with Crippen molar-refractivity contribution in [1.29, 1.82) is 0 Å². The first-order chi connectivity index (χ1) is 26.4. The largest absolute Gasteiger partial charge is 0.463 e. The molecular weight excluding hydrogens is 728 g/mol. The second-order valence-corrected chi connectivity index (χ2v) is 11.8. The molecule has 0 aromatic carbocycles. The predicted molar refractivity (Wildman–Crippen MR) is 190 cm³/mol. The van der Waals surface area contributed by atoms with Crippen molar-refractivity contribution < 1.29 is 81.0 Å². The van der Waals surface area contributed by atoms with Crippen molar-refractivity contribution in [2.75, 3.05) is 39.6 Å². The van der Waals surface area contributed by atoms with Crippen LogP contribution in [0.5, 0.6) is 0 Å². The third-order valence-electron chi connectivity index (χ3n) is 7.50. The highest BCUT2D eigenvalue weighted by molar-refractivity contribution is 5.82. The molecule has 1 rings (SSSR count). The second-order valence-electron chi connectivity index (χ2n) is 11.8. The molecule has 0 bridgehead atoms. The molecule has 55 heavy (non-hydrogen) atoms. The molecule has 1 aliphatic rings. The van der Waals surface area contributed by atoms with Gasteiger partial charge in [-0.1, -0.05) is 26.3 Å². The van der Waals surface area contributed by atoms with Gasteiger partial charge in [-0.05, 0) is 51.4 Å². The summed E-state index contributed by atoms with van der Waals surface area (Å²) in [6.07, 6.45) is 0.925. The van der Waals surface area contributed by atoms with Gasteiger partial charge in [-0.3, -0.25) is 19.2 Å². The van der Waals surface area contributed by atoms with E-state index in [0.29, 0.717) is 32.1 Å². The lowest BCUT2D eigenvalue weighted by atomic mass is 9.99. The van der Waals surface area contributed by atoms with E-state index in [1.54, 1.807) is 0 Å². The summed E-state index contributed by atoms with van der Waals surface area (Å²) in [5.41, 5.74) is 0. The van der Waals surface area contributed by atoms with Crippen LogP contribution >= 0.6 is 0 Å². The zero-order chi connectivity index (χ0) is 40.8. The van der Waals surface area contributed by atoms with Crippen molar-refractivity contribution in [2.24, 2.45) is 0 Å². The summed E-state index contributed by atoms with van der Waals surface area (Å²) in [4.78, 5) is 96.7. The Balaban J connectivity index is 3.09. The van der Waals surface area contributed by atoms with Gasteiger partial charge < -0.3 is 42.6 Å². The predicted octanol–water partition coefficient (Wildman–Crippen LogP) is 3.26. The fourth-order valence-electron chi connectivity index (χ4n) is 4.67. The standard InChI is InChI=1S/C38H52O17/c1-5-29(39)47-21-13-9-17-33(43)52-25-27-37(54-35(45)19-11-15-23-49-31(41)7-3)38(55-36(46)20-12-16-24-50-32(42)8-4)28(26-51-27)53-34(44)18-10-14-22-48-30(40)6-2/h5-8,27-28,37-38H,1-4,9-26H2. The van der Waals surface area contributed by atoms with Gasteiger partial charge in [-0.25, -0.2) is 19.2 Å². The average molecular weight is 781 g/mol. The minimum atomic E-state index is -1.40. The summed E-state index contributed by atoms with van der Waals surface area (Å²) in [5.74, 6) is -5.25. The van der Waals surface area contributed by atoms with E-state index in [1.165, 1.54) is 0 Å². The molecule has 17 heteroatoms. The number of ether oxygens (including phenoxy) is 9. The molecule has 4 atom stereocenters. The van der Waals surface area contributed by atoms with Crippen LogP contribution in [0.1, 0.15) is 77.0 Å². The Morgan fingerprint density at radius 2 is 0.800 bits per heavy atom. The monoisotopic (exact) mass is 780 g/mol. The van der Waals surface area contributed by atoms with Gasteiger partial charge in [-0.2, -0.15) is 0 Å². The molecule has 0 radical (unpaired) electrons. The van der Waals surface area contributed by atoms with Crippen LogP contribution in [0, 0.1) is 0 Å². The molecule has 4 unspecified atom stereocenters. The van der Waals surface area contributed by atoms with Gasteiger partial charge in [-0.15, -0.1) is 0 Å². The van der Waals surface area contributed by atoms with Crippen LogP contribution in [0.15, 0.2) is 50.6 Å². The molecule has 306 valence electrons. The molecule has 0 aromatic rings. The third-order valence-corrected chi connectivity index (χ3v) is 7.50. The van der Waals surface area contributed by atoms with Crippen molar-refractivity contribution in [1.82, 2.24) is 0 Å². The molecule has 0 saturated carbocycles. The lowest BCUT2D eigenvalue weighted by Gasteiger charge is -2.40. The van der Waals surface area contributed by atoms with Gasteiger partial charge in [0.2, 0.25) is 0 Å². The maximum Gasteiger partial charge on any atom is 0.330 e. The molecule has 1 aliphatic heterocycles. The van der Waals surface area contributed by atoms with Crippen LogP contribution in [0.25, 0.3) is 0 Å². The molecule has 17 nitrogen and oxygen atoms in total. The summed E-state index contributed by atoms with van der Waals surface area (Å²) < 4.78 is 48.1. The van der Waals surface area contributed by atoms with Crippen LogP contribution < -0.4 is 0 Å². The molecular formula is C38H52O17. The lowest BCUT2D eigenvalue weighted by Crippen LogP contribution is -2.59. The van der Waals surface area contributed by atoms with Crippen LogP contribution in [0.4, 0.5) is 0 Å². The molecule has 0 aromatic heterocycles. The van der Waals surface area contributed by atoms with Crippen LogP contribution in [0.2, 0.25) is 0 Å². The van der Waals surface area contributed by atoms with E-state index < -0.39 is 78.8 Å². The maximum absolute atomic E-state index is 13.1. The van der Waals surface area contributed by atoms with Gasteiger partial charge in [0.05, 0.1) is 33.0 Å². The Morgan fingerprint density at radius 3 is 1.18 bits per heavy atom. The van der Waals surface area contributed by atoms with E-state index >= 15 is 0 Å². The van der Waals surface area contributed by atoms with Crippen molar-refractivity contribution in [3.63, 3.8) is 0 Å². The van der Waals surface area contributed by atoms with Gasteiger partial charge in [0, 0.05) is 50.0 Å². The number of carbonyl (C=O) groups excluding carboxylic acids is 8. The summed E-state index contributed by atoms with van der Waals surface area (Å²) in [7, 11) is 0. The first-order valence-corrected chi connectivity index (χ1v) is 18.0. The van der Waals surface area contributed by atoms with Crippen LogP contribution in [-0.4, -0.2) is 112 Å². The van der Waals surface area contributed by atoms with Crippen LogP contribution in [0.3, 0.4) is 0 Å². The summed E-state index contributed by atoms with van der Waals surface area (Å²) in [6, 6.07) is 0. The van der Waals surface area contributed by atoms with Crippen LogP contribution in [-0.2, 0) is 81.0 Å². The van der Waals surface area contributed by atoms with E-state index in [-0.39, 0.29) is 78.0 Å². The number of carbonyl (C=O) groups is 8. The first kappa shape index (κ1) is 47.7. The Morgan fingerprint density at radius 1 is 0.455 bits per heavy atom. The van der Waals surface area contributed by atoms with E-state index in [4.69, 9.17) is 42.6 Å². The lowest BCUT2D eigenvalue weighted by molar-refractivity contribution is -0.233. The van der Waals surface area contributed by atoms with Crippen molar-refractivity contribution in [3.05, 3.63) is 50.6 Å². The summed E-state index contributed by atoms with van der Waals surface area (Å²) in [5, 5.41) is 0. The average Bonchev–Trinajstić information content (AvgIpc) is 3.17. The summed E-state index contributed by atoms with van der Waals surface area (Å²) >= 11 is 0. The first-order valence-electron chi connectivity index (χ1n) is 18.0. The normalized spacial score (nSPS) is 17.2. The number of hydrogen-bond acceptors (Lipinski definition) is 17. The SMILES string of the molecule is C=CC(=O)OCCCCC(=O)OCC1OCC(OC(=O)CCCCOC(=O)C=C)C(OC(=O)CCCCOC(=O)C=C)C1OC(=O)CCCCOC(=O)C=C. The van der Waals surface area contributed by atoms with Crippen molar-refractivity contribution >= 4 is 47.8 Å². The van der Waals surface area contributed by atoms with Gasteiger partial charge in [0.1, 0.15) is 12.7 Å². The minimum absolute atomic E-state index is 0.0294. The highest BCUT2D eigenvalue weighted by Gasteiger charge is 2.48. The Bertz CT molecular complexity index is 1320. The number of esters is 8. The number of unbranched alkanes of at least 4 members (excludes halogenated alkanes) is 4. The van der Waals surface area contributed by atoms with Gasteiger partial charge in [0.25, 0.3) is 0 Å². The highest BCUT2D eigenvalue weighted by Crippen LogP contribution is 2.26. The zero-order valence-electron chi connectivity index (χ0n) is 31.1. The topological polar surface area (TPSA) is 220 Å². The molecule has 1 heterocycles. The summed E-state index contributed by atoms with van der Waals surface area (Å²) in [6.45, 7) is 12.7. The van der Waals surface area contributed by atoms with E-state index in [1.807, 2.05) is 0 Å². The number of hydrogen-bond donors (Lipinski definition) is 0. The molecule has 0 N–H and O–H groups in total. The molecule has 0 spiro atoms. The zero-order valence-corrected chi connectivity index (χ0v) is 31.1. The Kier molecular flexibility index (Phi) is 25.2.